The molecular formula is C31H26F3N7O3. The van der Waals surface area contributed by atoms with Gasteiger partial charge in [-0.05, 0) is 41.5 Å². The minimum absolute atomic E-state index is 0.0327. The second-order valence-electron chi connectivity index (χ2n) is 10.4. The van der Waals surface area contributed by atoms with Gasteiger partial charge < -0.3 is 19.4 Å². The van der Waals surface area contributed by atoms with Crippen molar-refractivity contribution in [2.75, 3.05) is 42.6 Å². The Hall–Kier alpha value is -5.38. The molecule has 10 nitrogen and oxygen atoms in total. The Morgan fingerprint density at radius 2 is 1.84 bits per heavy atom. The summed E-state index contributed by atoms with van der Waals surface area (Å²) in [6.45, 7) is 2.22. The fourth-order valence-corrected chi connectivity index (χ4v) is 5.63. The number of fused-ring (bicyclic) bond motifs is 1. The molecule has 6 rings (SSSR count). The number of H-pyrrole nitrogens is 1. The average Bonchev–Trinajstić information content (AvgIpc) is 3.41. The molecule has 4 heterocycles. The van der Waals surface area contributed by atoms with Gasteiger partial charge in [-0.3, -0.25) is 9.59 Å². The third-order valence-electron chi connectivity index (χ3n) is 7.82. The van der Waals surface area contributed by atoms with Crippen LogP contribution in [0.4, 0.5) is 24.7 Å². The SMILES string of the molecule is N#Cc1ccc(N2CCN(C(=O)c3cccc(OC[C@@H]4c5ccccc5CN4c4cn[nH]c(=O)c4C(F)(F)F)c3)CC2)nc1. The van der Waals surface area contributed by atoms with Crippen molar-refractivity contribution in [3.8, 4) is 11.8 Å². The molecule has 2 aliphatic heterocycles. The molecule has 1 N–H and O–H groups in total. The largest absolute Gasteiger partial charge is 0.491 e. The van der Waals surface area contributed by atoms with Gasteiger partial charge in [0, 0.05) is 44.5 Å². The van der Waals surface area contributed by atoms with Gasteiger partial charge in [-0.2, -0.15) is 23.5 Å². The van der Waals surface area contributed by atoms with E-state index in [4.69, 9.17) is 10.00 Å². The number of aromatic amines is 1. The Morgan fingerprint density at radius 1 is 1.05 bits per heavy atom. The van der Waals surface area contributed by atoms with Crippen molar-refractivity contribution in [3.63, 3.8) is 0 Å². The zero-order valence-electron chi connectivity index (χ0n) is 23.3. The fraction of sp³-hybridized carbons (Fsp3) is 0.258. The minimum atomic E-state index is -4.88. The van der Waals surface area contributed by atoms with Gasteiger partial charge in [-0.25, -0.2) is 10.1 Å². The number of piperazine rings is 1. The van der Waals surface area contributed by atoms with Crippen LogP contribution in [0.1, 0.15) is 38.7 Å². The number of benzene rings is 2. The van der Waals surface area contributed by atoms with E-state index < -0.39 is 23.3 Å². The molecule has 0 radical (unpaired) electrons. The van der Waals surface area contributed by atoms with E-state index in [9.17, 15) is 22.8 Å². The Bertz CT molecular complexity index is 1780. The number of pyridine rings is 1. The number of rotatable bonds is 6. The van der Waals surface area contributed by atoms with Crippen molar-refractivity contribution in [1.29, 1.82) is 5.26 Å². The van der Waals surface area contributed by atoms with Gasteiger partial charge in [0.25, 0.3) is 11.5 Å². The number of ether oxygens (including phenoxy) is 1. The van der Waals surface area contributed by atoms with E-state index in [2.05, 4.69) is 15.0 Å². The van der Waals surface area contributed by atoms with Crippen LogP contribution < -0.4 is 20.1 Å². The van der Waals surface area contributed by atoms with Crippen LogP contribution in [0.3, 0.4) is 0 Å². The summed E-state index contributed by atoms with van der Waals surface area (Å²) in [6, 6.07) is 18.9. The van der Waals surface area contributed by atoms with E-state index >= 15 is 0 Å². The third kappa shape index (κ3) is 5.66. The van der Waals surface area contributed by atoms with Gasteiger partial charge in [0.15, 0.2) is 0 Å². The van der Waals surface area contributed by atoms with Crippen molar-refractivity contribution < 1.29 is 22.7 Å². The van der Waals surface area contributed by atoms with E-state index in [1.54, 1.807) is 53.4 Å². The van der Waals surface area contributed by atoms with Gasteiger partial charge in [-0.15, -0.1) is 0 Å². The highest BCUT2D eigenvalue weighted by Crippen LogP contribution is 2.42. The maximum Gasteiger partial charge on any atom is 0.423 e. The number of alkyl halides is 3. The van der Waals surface area contributed by atoms with Crippen LogP contribution in [0, 0.1) is 11.3 Å². The van der Waals surface area contributed by atoms with Gasteiger partial charge >= 0.3 is 6.18 Å². The van der Waals surface area contributed by atoms with Crippen LogP contribution in [0.5, 0.6) is 5.75 Å². The van der Waals surface area contributed by atoms with Crippen LogP contribution in [-0.4, -0.2) is 58.8 Å². The zero-order chi connectivity index (χ0) is 30.8. The average molecular weight is 602 g/mol. The maximum absolute atomic E-state index is 13.9. The Morgan fingerprint density at radius 3 is 2.57 bits per heavy atom. The number of amides is 1. The second kappa shape index (κ2) is 11.7. The number of anilines is 2. The summed E-state index contributed by atoms with van der Waals surface area (Å²) in [6.07, 6.45) is -2.35. The molecule has 0 aliphatic carbocycles. The first-order valence-corrected chi connectivity index (χ1v) is 13.9. The highest BCUT2D eigenvalue weighted by atomic mass is 19.4. The molecule has 224 valence electrons. The number of nitrogens with one attached hydrogen (secondary N) is 1. The summed E-state index contributed by atoms with van der Waals surface area (Å²) in [7, 11) is 0. The number of hydrogen-bond donors (Lipinski definition) is 1. The van der Waals surface area contributed by atoms with Gasteiger partial charge in [0.05, 0.1) is 23.5 Å². The molecule has 2 aromatic heterocycles. The first-order chi connectivity index (χ1) is 21.2. The predicted molar refractivity (Wildman–Crippen MR) is 154 cm³/mol. The smallest absolute Gasteiger partial charge is 0.423 e. The number of aromatic nitrogens is 3. The molecule has 2 aliphatic rings. The van der Waals surface area contributed by atoms with E-state index in [1.807, 2.05) is 23.3 Å². The van der Waals surface area contributed by atoms with Crippen molar-refractivity contribution in [3.05, 3.63) is 111 Å². The number of nitriles is 1. The lowest BCUT2D eigenvalue weighted by atomic mass is 10.1. The molecule has 0 bridgehead atoms. The van der Waals surface area contributed by atoms with Crippen molar-refractivity contribution in [2.24, 2.45) is 0 Å². The summed E-state index contributed by atoms with van der Waals surface area (Å²) in [5.41, 5.74) is -0.456. The second-order valence-corrected chi connectivity index (χ2v) is 10.4. The Kier molecular flexibility index (Phi) is 7.65. The van der Waals surface area contributed by atoms with E-state index in [-0.39, 0.29) is 24.7 Å². The van der Waals surface area contributed by atoms with Gasteiger partial charge in [0.1, 0.15) is 29.8 Å². The monoisotopic (exact) mass is 601 g/mol. The summed E-state index contributed by atoms with van der Waals surface area (Å²) < 4.78 is 47.8. The molecule has 1 fully saturated rings. The normalized spacial score (nSPS) is 16.4. The molecule has 1 saturated heterocycles. The quantitative estimate of drug-likeness (QED) is 0.350. The molecule has 0 spiro atoms. The molecule has 1 atom stereocenters. The van der Waals surface area contributed by atoms with Crippen LogP contribution >= 0.6 is 0 Å². The van der Waals surface area contributed by atoms with Crippen molar-refractivity contribution >= 4 is 17.4 Å². The predicted octanol–water partition coefficient (Wildman–Crippen LogP) is 4.16. The third-order valence-corrected chi connectivity index (χ3v) is 7.82. The number of carbonyl (C=O) groups is 1. The van der Waals surface area contributed by atoms with E-state index in [0.717, 1.165) is 23.1 Å². The highest BCUT2D eigenvalue weighted by molar-refractivity contribution is 5.94. The molecule has 13 heteroatoms. The first kappa shape index (κ1) is 28.7. The molecule has 4 aromatic rings. The standard InChI is InChI=1S/C31H26F3N7O3/c32-31(33,34)28-25(17-37-38-29(28)42)41-18-22-4-1-2-7-24(22)26(41)19-44-23-6-3-5-21(14-23)30(43)40-12-10-39(11-13-40)27-9-8-20(15-35)16-36-27/h1-9,14,16-17,26H,10-13,18-19H2,(H,38,42)/t26-/m1/s1. The lowest BCUT2D eigenvalue weighted by Crippen LogP contribution is -2.49. The van der Waals surface area contributed by atoms with Crippen LogP contribution in [0.2, 0.25) is 0 Å². The lowest BCUT2D eigenvalue weighted by Gasteiger charge is -2.35. The lowest BCUT2D eigenvalue weighted by molar-refractivity contribution is -0.138. The zero-order valence-corrected chi connectivity index (χ0v) is 23.3. The van der Waals surface area contributed by atoms with Crippen LogP contribution in [-0.2, 0) is 12.7 Å². The number of carbonyl (C=O) groups excluding carboxylic acids is 1. The summed E-state index contributed by atoms with van der Waals surface area (Å²) in [4.78, 5) is 35.2. The highest BCUT2D eigenvalue weighted by Gasteiger charge is 2.42. The molecule has 1 amide bonds. The van der Waals surface area contributed by atoms with E-state index in [1.165, 1.54) is 11.1 Å². The molecule has 0 unspecified atom stereocenters. The summed E-state index contributed by atoms with van der Waals surface area (Å²) >= 11 is 0. The first-order valence-electron chi connectivity index (χ1n) is 13.9. The topological polar surface area (TPSA) is 118 Å². The maximum atomic E-state index is 13.9. The number of nitrogens with zero attached hydrogens (tertiary/aromatic N) is 6. The fourth-order valence-electron chi connectivity index (χ4n) is 5.63. The van der Waals surface area contributed by atoms with Gasteiger partial charge in [0.2, 0.25) is 0 Å². The van der Waals surface area contributed by atoms with Gasteiger partial charge in [-0.1, -0.05) is 30.3 Å². The number of halogens is 3. The van der Waals surface area contributed by atoms with Crippen LogP contribution in [0.25, 0.3) is 0 Å². The Balaban J connectivity index is 1.16. The van der Waals surface area contributed by atoms with Crippen LogP contribution in [0.15, 0.2) is 77.9 Å². The van der Waals surface area contributed by atoms with E-state index in [0.29, 0.717) is 43.1 Å². The molecule has 0 saturated carbocycles. The van der Waals surface area contributed by atoms with Crippen molar-refractivity contribution in [2.45, 2.75) is 18.8 Å². The number of hydrogen-bond acceptors (Lipinski definition) is 8. The minimum Gasteiger partial charge on any atom is -0.491 e. The molecular weight excluding hydrogens is 575 g/mol. The Labute approximate surface area is 249 Å². The summed E-state index contributed by atoms with van der Waals surface area (Å²) in [5, 5.41) is 14.5. The molecule has 44 heavy (non-hydrogen) atoms. The molecule has 2 aromatic carbocycles. The summed E-state index contributed by atoms with van der Waals surface area (Å²) in [5.74, 6) is 0.966. The van der Waals surface area contributed by atoms with Crippen molar-refractivity contribution in [1.82, 2.24) is 20.1 Å².